The molecule has 0 saturated heterocycles. The number of anilines is 4. The number of nitrogen functional groups attached to an aromatic ring is 2. The van der Waals surface area contributed by atoms with Crippen molar-refractivity contribution in [1.82, 2.24) is 50.5 Å². The number of H-pyrrole nitrogens is 2. The molecule has 0 radical (unpaired) electrons. The maximum atomic E-state index is 12.3. The molecule has 0 aliphatic heterocycles. The van der Waals surface area contributed by atoms with Gasteiger partial charge in [0, 0.05) is 34.4 Å². The summed E-state index contributed by atoms with van der Waals surface area (Å²) in [6.45, 7) is 0.450. The van der Waals surface area contributed by atoms with Gasteiger partial charge in [-0.2, -0.15) is 9.97 Å². The molecule has 2 amide bonds. The van der Waals surface area contributed by atoms with Crippen LogP contribution in [0.25, 0.3) is 22.3 Å². The molecule has 27 heteroatoms. The molecule has 0 bridgehead atoms. The van der Waals surface area contributed by atoms with Crippen LogP contribution in [-0.4, -0.2) is 121 Å². The fourth-order valence-corrected chi connectivity index (χ4v) is 5.50. The largest absolute Gasteiger partial charge is 2.00 e. The van der Waals surface area contributed by atoms with Crippen LogP contribution in [0.1, 0.15) is 57.8 Å². The Balaban J connectivity index is 0.000000280. The smallest absolute Gasteiger partial charge is 0.550 e. The van der Waals surface area contributed by atoms with Gasteiger partial charge < -0.3 is 62.7 Å². The summed E-state index contributed by atoms with van der Waals surface area (Å²) in [6.07, 6.45) is 1.32. The first-order valence-electron chi connectivity index (χ1n) is 18.6. The van der Waals surface area contributed by atoms with Gasteiger partial charge >= 0.3 is 35.0 Å². The fourth-order valence-electron chi connectivity index (χ4n) is 5.50. The number of carbonyl (C=O) groups excluding carboxylic acids is 4. The van der Waals surface area contributed by atoms with Gasteiger partial charge in [0.25, 0.3) is 22.9 Å². The number of aliphatic carboxylic acids is 4. The Bertz CT molecular complexity index is 2650. The molecule has 0 unspecified atom stereocenters. The number of carboxylic acids is 4. The second-order valence-corrected chi connectivity index (χ2v) is 13.4. The molecule has 0 aliphatic carbocycles. The zero-order valence-corrected chi connectivity index (χ0v) is 35.1. The third kappa shape index (κ3) is 14.4. The van der Waals surface area contributed by atoms with Crippen molar-refractivity contribution in [3.05, 3.63) is 104 Å². The predicted octanol–water partition coefficient (Wildman–Crippen LogP) is -3.14. The van der Waals surface area contributed by atoms with Gasteiger partial charge in [-0.3, -0.25) is 29.1 Å². The van der Waals surface area contributed by atoms with Gasteiger partial charge in [-0.15, -0.1) is 0 Å². The van der Waals surface area contributed by atoms with E-state index in [1.165, 1.54) is 36.7 Å². The van der Waals surface area contributed by atoms with Gasteiger partial charge in [0.2, 0.25) is 11.9 Å². The van der Waals surface area contributed by atoms with E-state index in [-0.39, 0.29) is 94.3 Å². The summed E-state index contributed by atoms with van der Waals surface area (Å²) in [5.41, 5.74) is 12.9. The Morgan fingerprint density at radius 3 is 1.28 bits per heavy atom. The zero-order valence-electron chi connectivity index (χ0n) is 33.7. The molecule has 4 aromatic heterocycles. The second kappa shape index (κ2) is 22.7. The van der Waals surface area contributed by atoms with Crippen LogP contribution in [0.5, 0.6) is 0 Å². The Morgan fingerprint density at radius 1 is 0.600 bits per heavy atom. The van der Waals surface area contributed by atoms with Crippen LogP contribution in [0.4, 0.5) is 23.3 Å². The van der Waals surface area contributed by atoms with Gasteiger partial charge in [-0.25, -0.2) is 29.5 Å². The number of nitrogens with zero attached hydrogens (tertiary/aromatic N) is 6. The summed E-state index contributed by atoms with van der Waals surface area (Å²) in [6, 6.07) is 9.56. The van der Waals surface area contributed by atoms with Crippen LogP contribution < -0.4 is 54.1 Å². The van der Waals surface area contributed by atoms with Crippen LogP contribution in [0.3, 0.4) is 0 Å². The number of rotatable bonds is 18. The molecule has 4 heterocycles. The summed E-state index contributed by atoms with van der Waals surface area (Å²) >= 11 is 0. The van der Waals surface area contributed by atoms with Gasteiger partial charge in [0.15, 0.2) is 22.3 Å². The van der Waals surface area contributed by atoms with Gasteiger partial charge in [0.1, 0.15) is 12.1 Å². The summed E-state index contributed by atoms with van der Waals surface area (Å²) in [5, 5.41) is 49.9. The molecule has 0 saturated carbocycles. The van der Waals surface area contributed by atoms with E-state index < -0.39 is 71.7 Å². The number of amides is 2. The van der Waals surface area contributed by atoms with Crippen LogP contribution in [0, 0.1) is 0 Å². The Labute approximate surface area is 379 Å². The summed E-state index contributed by atoms with van der Waals surface area (Å²) in [7, 11) is 0. The first-order valence-corrected chi connectivity index (χ1v) is 18.6. The second-order valence-electron chi connectivity index (χ2n) is 13.4. The zero-order chi connectivity index (χ0) is 46.5. The molecule has 6 rings (SSSR count). The van der Waals surface area contributed by atoms with Crippen molar-refractivity contribution in [3.8, 4) is 0 Å². The van der Waals surface area contributed by atoms with E-state index in [9.17, 15) is 48.6 Å². The number of nitrogens with two attached hydrogens (primary N) is 2. The molecule has 6 aromatic rings. The molecule has 0 aliphatic rings. The number of hydrogen-bond donors (Lipinski definition) is 10. The van der Waals surface area contributed by atoms with Crippen molar-refractivity contribution in [2.24, 2.45) is 0 Å². The summed E-state index contributed by atoms with van der Waals surface area (Å²) in [5.74, 6) is -6.91. The molecule has 0 spiro atoms. The fraction of sp³-hybridized carbons (Fsp3) is 0.211. The standard InChI is InChI=1S/2C19H19N7O6.Mg/c2*20-19-25-15-14(17(30)26-19)23-11(8-22-15)7-21-10-3-1-9(2-4-10)16(29)24-12(18(31)32)5-6-13(27)28;/h2*1-4,8,12,21H,5-7H2,(H,24,29)(H,27,28)(H,31,32)(H3,20,22,25,26,30);/q;;+2/p-2/t2*12-;/m00./s1. The third-order valence-electron chi connectivity index (χ3n) is 8.69. The van der Waals surface area contributed by atoms with Crippen molar-refractivity contribution in [3.63, 3.8) is 0 Å². The number of fused-ring (bicyclic) bond motifs is 2. The first-order chi connectivity index (χ1) is 30.4. The normalized spacial score (nSPS) is 11.4. The van der Waals surface area contributed by atoms with Crippen LogP contribution in [0.2, 0.25) is 0 Å². The van der Waals surface area contributed by atoms with Crippen LogP contribution in [-0.2, 0) is 32.3 Å². The third-order valence-corrected chi connectivity index (χ3v) is 8.69. The van der Waals surface area contributed by atoms with E-state index in [0.717, 1.165) is 0 Å². The predicted molar refractivity (Wildman–Crippen MR) is 224 cm³/mol. The van der Waals surface area contributed by atoms with Crippen molar-refractivity contribution in [2.45, 2.75) is 50.9 Å². The topological polar surface area (TPSA) is 432 Å². The van der Waals surface area contributed by atoms with E-state index in [1.807, 2.05) is 0 Å². The quantitative estimate of drug-likeness (QED) is 0.0381. The molecule has 0 fully saturated rings. The Morgan fingerprint density at radius 2 is 0.954 bits per heavy atom. The number of aromatic amines is 2. The van der Waals surface area contributed by atoms with E-state index in [4.69, 9.17) is 21.7 Å². The number of benzene rings is 2. The monoisotopic (exact) mass is 904 g/mol. The maximum Gasteiger partial charge on any atom is 2.00 e. The molecular formula is C38H36MgN14O12. The Hall–Kier alpha value is -8.33. The molecular weight excluding hydrogens is 869 g/mol. The van der Waals surface area contributed by atoms with Crippen molar-refractivity contribution in [1.29, 1.82) is 0 Å². The van der Waals surface area contributed by atoms with Gasteiger partial charge in [-0.05, 0) is 74.2 Å². The number of hydrogen-bond acceptors (Lipinski definition) is 20. The van der Waals surface area contributed by atoms with Crippen LogP contribution >= 0.6 is 0 Å². The number of nitrogens with one attached hydrogen (secondary N) is 6. The maximum absolute atomic E-state index is 12.3. The number of aromatic nitrogens is 8. The van der Waals surface area contributed by atoms with E-state index in [2.05, 4.69) is 61.1 Å². The molecule has 65 heavy (non-hydrogen) atoms. The minimum absolute atomic E-state index is 0. The first kappa shape index (κ1) is 49.3. The summed E-state index contributed by atoms with van der Waals surface area (Å²) in [4.78, 5) is 121. The summed E-state index contributed by atoms with van der Waals surface area (Å²) < 4.78 is 0. The molecule has 12 N–H and O–H groups in total. The minimum Gasteiger partial charge on any atom is -0.550 e. The Kier molecular flexibility index (Phi) is 17.2. The van der Waals surface area contributed by atoms with Crippen molar-refractivity contribution in [2.75, 3.05) is 22.1 Å². The van der Waals surface area contributed by atoms with E-state index in [1.54, 1.807) is 24.3 Å². The molecule has 26 nitrogen and oxygen atoms in total. The number of carbonyl (C=O) groups is 6. The van der Waals surface area contributed by atoms with E-state index in [0.29, 0.717) is 22.8 Å². The minimum atomic E-state index is -1.40. The average molecular weight is 905 g/mol. The van der Waals surface area contributed by atoms with Crippen LogP contribution in [0.15, 0.2) is 70.5 Å². The molecule has 2 aromatic carbocycles. The van der Waals surface area contributed by atoms with E-state index >= 15 is 0 Å². The molecule has 2 atom stereocenters. The SMILES string of the molecule is Nc1nc2ncc(CNc3ccc(C(=O)N[C@@H](CCC(=O)[O-])C(=O)O)cc3)nc2c(=O)[nH]1.Nc1nc2ncc(CNc3ccc(C(=O)N[C@@H](CCC(=O)[O-])C(=O)O)cc3)nc2c(=O)[nH]1.[Mg+2]. The average Bonchev–Trinajstić information content (AvgIpc) is 3.25. The number of carboxylic acid groups (broad SMARTS) is 4. The van der Waals surface area contributed by atoms with Gasteiger partial charge in [-0.1, -0.05) is 0 Å². The van der Waals surface area contributed by atoms with Gasteiger partial charge in [0.05, 0.1) is 36.9 Å². The van der Waals surface area contributed by atoms with Crippen molar-refractivity contribution < 1.29 is 49.2 Å². The molecule has 332 valence electrons. The van der Waals surface area contributed by atoms with Crippen molar-refractivity contribution >= 4 is 104 Å².